The zero-order valence-corrected chi connectivity index (χ0v) is 13.4. The molecule has 1 aromatic carbocycles. The molecule has 1 aliphatic rings. The first-order valence-electron chi connectivity index (χ1n) is 7.08. The molecule has 3 rings (SSSR count). The van der Waals surface area contributed by atoms with E-state index in [9.17, 15) is 8.42 Å². The average molecular weight is 342 g/mol. The lowest BCUT2D eigenvalue weighted by atomic mass is 10.2. The summed E-state index contributed by atoms with van der Waals surface area (Å²) >= 11 is 5.77. The Morgan fingerprint density at radius 3 is 2.59 bits per heavy atom. The highest BCUT2D eigenvalue weighted by atomic mass is 35.5. The monoisotopic (exact) mass is 341 g/mol. The van der Waals surface area contributed by atoms with E-state index < -0.39 is 10.0 Å². The lowest BCUT2D eigenvalue weighted by Crippen LogP contribution is -2.26. The maximum atomic E-state index is 12.2. The molecule has 0 saturated heterocycles. The molecule has 1 heterocycles. The minimum absolute atomic E-state index is 0.0639. The molecular weight excluding hydrogens is 326 g/mol. The quantitative estimate of drug-likeness (QED) is 0.897. The second-order valence-corrected chi connectivity index (χ2v) is 7.46. The van der Waals surface area contributed by atoms with Crippen molar-refractivity contribution in [2.75, 3.05) is 0 Å². The summed E-state index contributed by atoms with van der Waals surface area (Å²) in [6.07, 6.45) is 4.37. The molecule has 1 fully saturated rings. The summed E-state index contributed by atoms with van der Waals surface area (Å²) < 4.78 is 28.7. The van der Waals surface area contributed by atoms with Crippen molar-refractivity contribution in [1.29, 1.82) is 0 Å². The third-order valence-electron chi connectivity index (χ3n) is 3.78. The van der Waals surface area contributed by atoms with Gasteiger partial charge in [0.15, 0.2) is 5.82 Å². The van der Waals surface area contributed by atoms with Crippen LogP contribution in [0.2, 0.25) is 5.02 Å². The lowest BCUT2D eigenvalue weighted by Gasteiger charge is -2.12. The Labute approximate surface area is 133 Å². The van der Waals surface area contributed by atoms with Gasteiger partial charge >= 0.3 is 0 Å². The number of sulfonamides is 1. The third-order valence-corrected chi connectivity index (χ3v) is 5.44. The van der Waals surface area contributed by atoms with Crippen LogP contribution in [0.1, 0.15) is 37.5 Å². The number of benzene rings is 1. The van der Waals surface area contributed by atoms with E-state index in [1.807, 2.05) is 0 Å². The Hall–Kier alpha value is -1.51. The first-order valence-corrected chi connectivity index (χ1v) is 8.94. The summed E-state index contributed by atoms with van der Waals surface area (Å²) in [5.41, 5.74) is 0. The summed E-state index contributed by atoms with van der Waals surface area (Å²) in [5.74, 6) is 0.532. The molecule has 118 valence electrons. The van der Waals surface area contributed by atoms with Crippen LogP contribution in [0.4, 0.5) is 0 Å². The van der Waals surface area contributed by atoms with Gasteiger partial charge in [0.05, 0.1) is 17.5 Å². The predicted octanol–water partition coefficient (Wildman–Crippen LogP) is 1.92. The molecule has 1 N–H and O–H groups in total. The standard InChI is InChI=1S/C13H16ClN5O2S/c14-10-5-7-12(8-6-10)22(20,21)15-9-13-16-17-18-19(13)11-3-1-2-4-11/h5-8,11,15H,1-4,9H2. The predicted molar refractivity (Wildman–Crippen MR) is 80.8 cm³/mol. The molecule has 9 heteroatoms. The number of aromatic nitrogens is 4. The van der Waals surface area contributed by atoms with Crippen molar-refractivity contribution < 1.29 is 8.42 Å². The van der Waals surface area contributed by atoms with Gasteiger partial charge in [0.2, 0.25) is 10.0 Å². The van der Waals surface area contributed by atoms with E-state index in [1.54, 1.807) is 16.8 Å². The zero-order valence-electron chi connectivity index (χ0n) is 11.8. The van der Waals surface area contributed by atoms with Gasteiger partial charge in [-0.3, -0.25) is 0 Å². The van der Waals surface area contributed by atoms with Gasteiger partial charge in [0.25, 0.3) is 0 Å². The van der Waals surface area contributed by atoms with Crippen LogP contribution in [0.3, 0.4) is 0 Å². The van der Waals surface area contributed by atoms with E-state index in [2.05, 4.69) is 20.2 Å². The van der Waals surface area contributed by atoms with Crippen LogP contribution in [0.15, 0.2) is 29.2 Å². The second-order valence-electron chi connectivity index (χ2n) is 5.26. The maximum Gasteiger partial charge on any atom is 0.240 e. The SMILES string of the molecule is O=S(=O)(NCc1nnnn1C1CCCC1)c1ccc(Cl)cc1. The van der Waals surface area contributed by atoms with Gasteiger partial charge in [0, 0.05) is 5.02 Å². The van der Waals surface area contributed by atoms with Gasteiger partial charge in [-0.1, -0.05) is 24.4 Å². The molecule has 22 heavy (non-hydrogen) atoms. The number of hydrogen-bond acceptors (Lipinski definition) is 5. The Balaban J connectivity index is 1.72. The first-order chi connectivity index (χ1) is 10.6. The molecule has 0 unspecified atom stereocenters. The smallest absolute Gasteiger partial charge is 0.225 e. The summed E-state index contributed by atoms with van der Waals surface area (Å²) in [6, 6.07) is 6.28. The minimum atomic E-state index is -3.61. The molecule has 0 spiro atoms. The van der Waals surface area contributed by atoms with E-state index in [0.717, 1.165) is 25.7 Å². The molecule has 1 saturated carbocycles. The largest absolute Gasteiger partial charge is 0.240 e. The first kappa shape index (κ1) is 15.4. The summed E-state index contributed by atoms with van der Waals surface area (Å²) in [4.78, 5) is 0.164. The van der Waals surface area contributed by atoms with Gasteiger partial charge in [0.1, 0.15) is 0 Å². The van der Waals surface area contributed by atoms with E-state index in [0.29, 0.717) is 10.8 Å². The minimum Gasteiger partial charge on any atom is -0.225 e. The third kappa shape index (κ3) is 3.29. The highest BCUT2D eigenvalue weighted by Crippen LogP contribution is 2.29. The summed E-state index contributed by atoms with van der Waals surface area (Å²) in [6.45, 7) is 0.0639. The molecule has 0 radical (unpaired) electrons. The normalized spacial score (nSPS) is 16.2. The van der Waals surface area contributed by atoms with Crippen molar-refractivity contribution in [3.8, 4) is 0 Å². The van der Waals surface area contributed by atoms with Gasteiger partial charge < -0.3 is 0 Å². The van der Waals surface area contributed by atoms with Gasteiger partial charge in [-0.15, -0.1) is 5.10 Å². The summed E-state index contributed by atoms with van der Waals surface area (Å²) in [7, 11) is -3.61. The van der Waals surface area contributed by atoms with Crippen molar-refractivity contribution in [3.05, 3.63) is 35.1 Å². The maximum absolute atomic E-state index is 12.2. The zero-order chi connectivity index (χ0) is 15.6. The number of tetrazole rings is 1. The Kier molecular flexibility index (Phi) is 4.42. The topological polar surface area (TPSA) is 89.8 Å². The highest BCUT2D eigenvalue weighted by Gasteiger charge is 2.22. The van der Waals surface area contributed by atoms with Gasteiger partial charge in [-0.2, -0.15) is 0 Å². The van der Waals surface area contributed by atoms with Gasteiger partial charge in [-0.25, -0.2) is 17.8 Å². The van der Waals surface area contributed by atoms with Crippen molar-refractivity contribution in [2.24, 2.45) is 0 Å². The van der Waals surface area contributed by atoms with Crippen molar-refractivity contribution >= 4 is 21.6 Å². The lowest BCUT2D eigenvalue weighted by molar-refractivity contribution is 0.435. The second kappa shape index (κ2) is 6.31. The fourth-order valence-electron chi connectivity index (χ4n) is 2.62. The Morgan fingerprint density at radius 2 is 1.91 bits per heavy atom. The molecule has 2 aromatic rings. The number of hydrogen-bond donors (Lipinski definition) is 1. The molecule has 1 aromatic heterocycles. The summed E-state index contributed by atoms with van der Waals surface area (Å²) in [5, 5.41) is 12.1. The Bertz CT molecular complexity index is 738. The van der Waals surface area contributed by atoms with Gasteiger partial charge in [-0.05, 0) is 47.5 Å². The van der Waals surface area contributed by atoms with E-state index in [1.165, 1.54) is 12.1 Å². The van der Waals surface area contributed by atoms with E-state index in [-0.39, 0.29) is 17.5 Å². The molecule has 0 aliphatic heterocycles. The Morgan fingerprint density at radius 1 is 1.23 bits per heavy atom. The molecule has 0 atom stereocenters. The van der Waals surface area contributed by atoms with Crippen LogP contribution in [0.5, 0.6) is 0 Å². The molecule has 1 aliphatic carbocycles. The average Bonchev–Trinajstić information content (AvgIpc) is 3.16. The molecular formula is C13H16ClN5O2S. The van der Waals surface area contributed by atoms with Crippen molar-refractivity contribution in [1.82, 2.24) is 24.9 Å². The number of nitrogens with one attached hydrogen (secondary N) is 1. The molecule has 0 bridgehead atoms. The van der Waals surface area contributed by atoms with Crippen LogP contribution in [-0.4, -0.2) is 28.6 Å². The van der Waals surface area contributed by atoms with Crippen LogP contribution >= 0.6 is 11.6 Å². The fourth-order valence-corrected chi connectivity index (χ4v) is 3.72. The van der Waals surface area contributed by atoms with Crippen LogP contribution in [-0.2, 0) is 16.6 Å². The molecule has 7 nitrogen and oxygen atoms in total. The molecule has 0 amide bonds. The van der Waals surface area contributed by atoms with Crippen LogP contribution in [0, 0.1) is 0 Å². The number of halogens is 1. The highest BCUT2D eigenvalue weighted by molar-refractivity contribution is 7.89. The number of rotatable bonds is 5. The van der Waals surface area contributed by atoms with Crippen LogP contribution in [0.25, 0.3) is 0 Å². The van der Waals surface area contributed by atoms with Crippen LogP contribution < -0.4 is 4.72 Å². The van der Waals surface area contributed by atoms with Crippen molar-refractivity contribution in [3.63, 3.8) is 0 Å². The number of nitrogens with zero attached hydrogens (tertiary/aromatic N) is 4. The van der Waals surface area contributed by atoms with E-state index >= 15 is 0 Å². The fraction of sp³-hybridized carbons (Fsp3) is 0.462. The van der Waals surface area contributed by atoms with Crippen molar-refractivity contribution in [2.45, 2.75) is 43.2 Å². The van der Waals surface area contributed by atoms with E-state index in [4.69, 9.17) is 11.6 Å².